The van der Waals surface area contributed by atoms with E-state index in [9.17, 15) is 0 Å². The highest BCUT2D eigenvalue weighted by Crippen LogP contribution is 2.31. The van der Waals surface area contributed by atoms with Gasteiger partial charge in [-0.1, -0.05) is 54.6 Å². The van der Waals surface area contributed by atoms with E-state index >= 15 is 0 Å². The molecule has 0 saturated heterocycles. The lowest BCUT2D eigenvalue weighted by molar-refractivity contribution is 0.0994. The van der Waals surface area contributed by atoms with Gasteiger partial charge in [-0.3, -0.25) is 0 Å². The first-order chi connectivity index (χ1) is 7.95. The van der Waals surface area contributed by atoms with Crippen molar-refractivity contribution in [2.24, 2.45) is 0 Å². The van der Waals surface area contributed by atoms with Crippen LogP contribution in [-0.4, -0.2) is 6.61 Å². The van der Waals surface area contributed by atoms with Gasteiger partial charge in [0, 0.05) is 5.92 Å². The Hall–Kier alpha value is -1.60. The molecule has 80 valence electrons. The Morgan fingerprint density at radius 2 is 1.62 bits per heavy atom. The van der Waals surface area contributed by atoms with Crippen molar-refractivity contribution in [3.63, 3.8) is 0 Å². The maximum Gasteiger partial charge on any atom is 0.0720 e. The molecule has 1 nitrogen and oxygen atoms in total. The van der Waals surface area contributed by atoms with Gasteiger partial charge in [0.1, 0.15) is 0 Å². The average Bonchev–Trinajstić information content (AvgIpc) is 2.39. The third-order valence-electron chi connectivity index (χ3n) is 3.17. The highest BCUT2D eigenvalue weighted by molar-refractivity contribution is 5.39. The van der Waals surface area contributed by atoms with E-state index in [1.165, 1.54) is 16.7 Å². The maximum atomic E-state index is 5.66. The molecule has 3 rings (SSSR count). The second kappa shape index (κ2) is 4.11. The van der Waals surface area contributed by atoms with Gasteiger partial charge in [-0.2, -0.15) is 0 Å². The van der Waals surface area contributed by atoms with Crippen LogP contribution in [0.25, 0.3) is 0 Å². The topological polar surface area (TPSA) is 9.23 Å². The van der Waals surface area contributed by atoms with Crippen molar-refractivity contribution in [2.45, 2.75) is 12.5 Å². The molecular weight excluding hydrogens is 196 g/mol. The highest BCUT2D eigenvalue weighted by atomic mass is 16.5. The number of benzene rings is 2. The van der Waals surface area contributed by atoms with Crippen LogP contribution in [0.3, 0.4) is 0 Å². The largest absolute Gasteiger partial charge is 0.376 e. The molecule has 0 N–H and O–H groups in total. The molecule has 0 aromatic heterocycles. The molecule has 16 heavy (non-hydrogen) atoms. The Morgan fingerprint density at radius 1 is 0.875 bits per heavy atom. The van der Waals surface area contributed by atoms with Crippen molar-refractivity contribution >= 4 is 0 Å². The van der Waals surface area contributed by atoms with E-state index in [0.717, 1.165) is 13.2 Å². The van der Waals surface area contributed by atoms with Crippen LogP contribution in [0.1, 0.15) is 22.6 Å². The van der Waals surface area contributed by atoms with Gasteiger partial charge in [0.2, 0.25) is 0 Å². The molecule has 1 aliphatic rings. The van der Waals surface area contributed by atoms with Gasteiger partial charge in [-0.15, -0.1) is 0 Å². The number of fused-ring (bicyclic) bond motifs is 1. The zero-order chi connectivity index (χ0) is 10.8. The van der Waals surface area contributed by atoms with Gasteiger partial charge >= 0.3 is 0 Å². The molecule has 1 heteroatoms. The summed E-state index contributed by atoms with van der Waals surface area (Å²) in [7, 11) is 0. The molecule has 0 bridgehead atoms. The summed E-state index contributed by atoms with van der Waals surface area (Å²) in [5, 5.41) is 0. The van der Waals surface area contributed by atoms with Gasteiger partial charge in [0.25, 0.3) is 0 Å². The summed E-state index contributed by atoms with van der Waals surface area (Å²) in [5.41, 5.74) is 4.08. The molecule has 0 spiro atoms. The van der Waals surface area contributed by atoms with Crippen molar-refractivity contribution in [1.82, 2.24) is 0 Å². The van der Waals surface area contributed by atoms with E-state index in [0.29, 0.717) is 5.92 Å². The minimum Gasteiger partial charge on any atom is -0.376 e. The van der Waals surface area contributed by atoms with Crippen molar-refractivity contribution in [3.8, 4) is 0 Å². The number of hydrogen-bond acceptors (Lipinski definition) is 1. The van der Waals surface area contributed by atoms with Gasteiger partial charge < -0.3 is 4.74 Å². The van der Waals surface area contributed by atoms with Crippen molar-refractivity contribution in [2.75, 3.05) is 6.61 Å². The van der Waals surface area contributed by atoms with Gasteiger partial charge in [0.15, 0.2) is 0 Å². The molecule has 0 aliphatic carbocycles. The number of rotatable bonds is 1. The minimum atomic E-state index is 0.395. The summed E-state index contributed by atoms with van der Waals surface area (Å²) in [5.74, 6) is 0.395. The zero-order valence-electron chi connectivity index (χ0n) is 9.10. The fraction of sp³-hybridized carbons (Fsp3) is 0.200. The first-order valence-electron chi connectivity index (χ1n) is 5.65. The average molecular weight is 210 g/mol. The Labute approximate surface area is 95.7 Å². The number of hydrogen-bond donors (Lipinski definition) is 0. The standard InChI is InChI=1S/C15H14O/c1-2-6-12(7-3-1)15-11-16-10-13-8-4-5-9-14(13)15/h1-9,15H,10-11H2. The highest BCUT2D eigenvalue weighted by Gasteiger charge is 2.21. The van der Waals surface area contributed by atoms with Gasteiger partial charge in [-0.25, -0.2) is 0 Å². The minimum absolute atomic E-state index is 0.395. The fourth-order valence-electron chi connectivity index (χ4n) is 2.34. The second-order valence-corrected chi connectivity index (χ2v) is 4.18. The van der Waals surface area contributed by atoms with E-state index in [1.807, 2.05) is 0 Å². The summed E-state index contributed by atoms with van der Waals surface area (Å²) in [6.07, 6.45) is 0. The monoisotopic (exact) mass is 210 g/mol. The molecule has 2 aromatic rings. The fourth-order valence-corrected chi connectivity index (χ4v) is 2.34. The number of ether oxygens (including phenoxy) is 1. The summed E-state index contributed by atoms with van der Waals surface area (Å²) in [6, 6.07) is 19.2. The van der Waals surface area contributed by atoms with Crippen LogP contribution in [-0.2, 0) is 11.3 Å². The molecule has 0 amide bonds. The molecule has 1 aliphatic heterocycles. The zero-order valence-corrected chi connectivity index (χ0v) is 9.10. The normalized spacial score (nSPS) is 19.1. The first kappa shape index (κ1) is 9.61. The first-order valence-corrected chi connectivity index (χ1v) is 5.65. The Kier molecular flexibility index (Phi) is 2.47. The summed E-state index contributed by atoms with van der Waals surface area (Å²) in [4.78, 5) is 0. The molecule has 0 fully saturated rings. The predicted molar refractivity (Wildman–Crippen MR) is 64.4 cm³/mol. The Morgan fingerprint density at radius 3 is 2.50 bits per heavy atom. The van der Waals surface area contributed by atoms with Crippen LogP contribution in [0, 0.1) is 0 Å². The van der Waals surface area contributed by atoms with Crippen molar-refractivity contribution in [3.05, 3.63) is 71.3 Å². The summed E-state index contributed by atoms with van der Waals surface area (Å²) in [6.45, 7) is 1.54. The maximum absolute atomic E-state index is 5.66. The Balaban J connectivity index is 2.05. The summed E-state index contributed by atoms with van der Waals surface area (Å²) >= 11 is 0. The van der Waals surface area contributed by atoms with E-state index in [2.05, 4.69) is 54.6 Å². The van der Waals surface area contributed by atoms with Crippen molar-refractivity contribution < 1.29 is 4.74 Å². The lowest BCUT2D eigenvalue weighted by atomic mass is 9.87. The third-order valence-corrected chi connectivity index (χ3v) is 3.17. The lowest BCUT2D eigenvalue weighted by Crippen LogP contribution is -2.17. The summed E-state index contributed by atoms with van der Waals surface area (Å²) < 4.78 is 5.66. The molecule has 0 saturated carbocycles. The van der Waals surface area contributed by atoms with Crippen LogP contribution < -0.4 is 0 Å². The Bertz CT molecular complexity index is 476. The molecule has 1 unspecified atom stereocenters. The molecule has 1 heterocycles. The molecule has 2 aromatic carbocycles. The quantitative estimate of drug-likeness (QED) is 0.701. The van der Waals surface area contributed by atoms with E-state index in [4.69, 9.17) is 4.74 Å². The SMILES string of the molecule is c1ccc(C2COCc3ccccc32)cc1. The molecule has 0 radical (unpaired) electrons. The van der Waals surface area contributed by atoms with Crippen LogP contribution in [0.2, 0.25) is 0 Å². The van der Waals surface area contributed by atoms with Crippen LogP contribution in [0.5, 0.6) is 0 Å². The predicted octanol–water partition coefficient (Wildman–Crippen LogP) is 3.35. The van der Waals surface area contributed by atoms with Crippen LogP contribution in [0.15, 0.2) is 54.6 Å². The van der Waals surface area contributed by atoms with Gasteiger partial charge in [-0.05, 0) is 16.7 Å². The van der Waals surface area contributed by atoms with E-state index in [1.54, 1.807) is 0 Å². The lowest BCUT2D eigenvalue weighted by Gasteiger charge is -2.26. The van der Waals surface area contributed by atoms with Crippen molar-refractivity contribution in [1.29, 1.82) is 0 Å². The molecule has 1 atom stereocenters. The van der Waals surface area contributed by atoms with Crippen LogP contribution >= 0.6 is 0 Å². The third kappa shape index (κ3) is 1.63. The van der Waals surface area contributed by atoms with Gasteiger partial charge in [0.05, 0.1) is 13.2 Å². The van der Waals surface area contributed by atoms with E-state index < -0.39 is 0 Å². The molecular formula is C15H14O. The van der Waals surface area contributed by atoms with E-state index in [-0.39, 0.29) is 0 Å². The second-order valence-electron chi connectivity index (χ2n) is 4.18. The smallest absolute Gasteiger partial charge is 0.0720 e. The van der Waals surface area contributed by atoms with Crippen LogP contribution in [0.4, 0.5) is 0 Å².